The zero-order valence-electron chi connectivity index (χ0n) is 15.4. The molecule has 0 unspecified atom stereocenters. The molecule has 0 spiro atoms. The van der Waals surface area contributed by atoms with Crippen LogP contribution in [0.1, 0.15) is 18.1 Å². The van der Waals surface area contributed by atoms with Crippen molar-refractivity contribution < 1.29 is 24.2 Å². The number of benzene rings is 2. The average Bonchev–Trinajstić information content (AvgIpc) is 2.68. The van der Waals surface area contributed by atoms with Gasteiger partial charge < -0.3 is 26.2 Å². The number of primary amides is 1. The molecule has 0 saturated carbocycles. The molecule has 28 heavy (non-hydrogen) atoms. The van der Waals surface area contributed by atoms with Crippen LogP contribution in [0.15, 0.2) is 54.6 Å². The van der Waals surface area contributed by atoms with Crippen molar-refractivity contribution in [3.8, 4) is 5.75 Å². The number of carbonyl (C=O) groups excluding carboxylic acids is 3. The molecule has 148 valence electrons. The number of rotatable bonds is 8. The van der Waals surface area contributed by atoms with Gasteiger partial charge in [0.25, 0.3) is 0 Å². The van der Waals surface area contributed by atoms with Crippen LogP contribution in [0.3, 0.4) is 0 Å². The van der Waals surface area contributed by atoms with Gasteiger partial charge in [-0.2, -0.15) is 0 Å². The molecule has 2 aromatic rings. The van der Waals surface area contributed by atoms with E-state index in [1.165, 1.54) is 19.1 Å². The Morgan fingerprint density at radius 2 is 1.64 bits per heavy atom. The third-order valence-corrected chi connectivity index (χ3v) is 3.98. The van der Waals surface area contributed by atoms with Crippen LogP contribution in [-0.4, -0.2) is 35.1 Å². The Hall–Kier alpha value is -3.55. The van der Waals surface area contributed by atoms with Crippen LogP contribution in [0.25, 0.3) is 0 Å². The minimum Gasteiger partial charge on any atom is -0.508 e. The summed E-state index contributed by atoms with van der Waals surface area (Å²) in [6.07, 6.45) is -0.632. The van der Waals surface area contributed by atoms with Crippen LogP contribution in [-0.2, 0) is 27.4 Å². The van der Waals surface area contributed by atoms with E-state index < -0.39 is 30.0 Å². The number of nitrogens with one attached hydrogen (secondary N) is 2. The Morgan fingerprint density at radius 3 is 2.25 bits per heavy atom. The highest BCUT2D eigenvalue weighted by Crippen LogP contribution is 2.12. The van der Waals surface area contributed by atoms with E-state index in [0.29, 0.717) is 5.56 Å². The Labute approximate surface area is 162 Å². The van der Waals surface area contributed by atoms with Crippen molar-refractivity contribution in [3.05, 3.63) is 65.7 Å². The maximum atomic E-state index is 12.5. The van der Waals surface area contributed by atoms with Crippen LogP contribution in [0, 0.1) is 0 Å². The van der Waals surface area contributed by atoms with Gasteiger partial charge in [-0.15, -0.1) is 0 Å². The number of hydrogen-bond donors (Lipinski definition) is 4. The van der Waals surface area contributed by atoms with Crippen molar-refractivity contribution in [2.75, 3.05) is 0 Å². The molecule has 0 saturated heterocycles. The molecule has 0 bridgehead atoms. The van der Waals surface area contributed by atoms with Gasteiger partial charge >= 0.3 is 6.09 Å². The van der Waals surface area contributed by atoms with Gasteiger partial charge in [-0.3, -0.25) is 9.59 Å². The van der Waals surface area contributed by atoms with Crippen molar-refractivity contribution in [2.24, 2.45) is 5.73 Å². The molecule has 3 amide bonds. The summed E-state index contributed by atoms with van der Waals surface area (Å²) in [6, 6.07) is 13.4. The predicted octanol–water partition coefficient (Wildman–Crippen LogP) is 1.22. The van der Waals surface area contributed by atoms with Crippen LogP contribution in [0.2, 0.25) is 0 Å². The smallest absolute Gasteiger partial charge is 0.408 e. The predicted molar refractivity (Wildman–Crippen MR) is 102 cm³/mol. The van der Waals surface area contributed by atoms with Crippen LogP contribution < -0.4 is 16.4 Å². The molecule has 2 aromatic carbocycles. The van der Waals surface area contributed by atoms with E-state index in [0.717, 1.165) is 5.56 Å². The first-order chi connectivity index (χ1) is 13.3. The van der Waals surface area contributed by atoms with Gasteiger partial charge in [0.05, 0.1) is 0 Å². The molecule has 0 aliphatic carbocycles. The highest BCUT2D eigenvalue weighted by molar-refractivity contribution is 5.90. The summed E-state index contributed by atoms with van der Waals surface area (Å²) in [5, 5.41) is 14.3. The molecule has 0 aliphatic heterocycles. The third kappa shape index (κ3) is 6.64. The molecule has 0 heterocycles. The number of ether oxygens (including phenoxy) is 1. The molecule has 0 fully saturated rings. The van der Waals surface area contributed by atoms with E-state index in [4.69, 9.17) is 10.5 Å². The second-order valence-electron chi connectivity index (χ2n) is 6.26. The molecule has 0 aliphatic rings. The zero-order chi connectivity index (χ0) is 20.5. The Balaban J connectivity index is 2.03. The summed E-state index contributed by atoms with van der Waals surface area (Å²) in [5.41, 5.74) is 6.68. The summed E-state index contributed by atoms with van der Waals surface area (Å²) >= 11 is 0. The minimum atomic E-state index is -0.991. The van der Waals surface area contributed by atoms with Gasteiger partial charge in [0.2, 0.25) is 11.8 Å². The molecule has 0 radical (unpaired) electrons. The zero-order valence-corrected chi connectivity index (χ0v) is 15.4. The average molecular weight is 385 g/mol. The monoisotopic (exact) mass is 385 g/mol. The maximum Gasteiger partial charge on any atom is 0.408 e. The van der Waals surface area contributed by atoms with Crippen molar-refractivity contribution in [3.63, 3.8) is 0 Å². The number of nitrogens with two attached hydrogens (primary N) is 1. The SMILES string of the molecule is C[C@@H](NC(=O)[C@H](Cc1ccc(O)cc1)NC(=O)OCc1ccccc1)C(N)=O. The summed E-state index contributed by atoms with van der Waals surface area (Å²) in [5.74, 6) is -1.18. The van der Waals surface area contributed by atoms with E-state index in [1.807, 2.05) is 30.3 Å². The fourth-order valence-corrected chi connectivity index (χ4v) is 2.37. The summed E-state index contributed by atoms with van der Waals surface area (Å²) in [7, 11) is 0. The van der Waals surface area contributed by atoms with Crippen molar-refractivity contribution >= 4 is 17.9 Å². The number of hydrogen-bond acceptors (Lipinski definition) is 5. The second kappa shape index (κ2) is 9.96. The van der Waals surface area contributed by atoms with E-state index in [9.17, 15) is 19.5 Å². The van der Waals surface area contributed by atoms with Crippen LogP contribution in [0.4, 0.5) is 4.79 Å². The molecule has 8 heteroatoms. The van der Waals surface area contributed by atoms with Gasteiger partial charge in [0, 0.05) is 6.42 Å². The maximum absolute atomic E-state index is 12.5. The van der Waals surface area contributed by atoms with E-state index >= 15 is 0 Å². The quantitative estimate of drug-likeness (QED) is 0.543. The normalized spacial score (nSPS) is 12.5. The van der Waals surface area contributed by atoms with Gasteiger partial charge in [-0.25, -0.2) is 4.79 Å². The van der Waals surface area contributed by atoms with E-state index in [-0.39, 0.29) is 18.8 Å². The number of amides is 3. The molecule has 2 rings (SSSR count). The summed E-state index contributed by atoms with van der Waals surface area (Å²) < 4.78 is 5.16. The Morgan fingerprint density at radius 1 is 1.00 bits per heavy atom. The molecular weight excluding hydrogens is 362 g/mol. The lowest BCUT2D eigenvalue weighted by Gasteiger charge is -2.20. The summed E-state index contributed by atoms with van der Waals surface area (Å²) in [6.45, 7) is 1.50. The summed E-state index contributed by atoms with van der Waals surface area (Å²) in [4.78, 5) is 35.9. The minimum absolute atomic E-state index is 0.0535. The number of aromatic hydroxyl groups is 1. The number of phenols is 1. The van der Waals surface area contributed by atoms with Gasteiger partial charge in [-0.1, -0.05) is 42.5 Å². The van der Waals surface area contributed by atoms with E-state index in [1.54, 1.807) is 12.1 Å². The molecule has 0 aromatic heterocycles. The lowest BCUT2D eigenvalue weighted by atomic mass is 10.0. The van der Waals surface area contributed by atoms with Crippen LogP contribution in [0.5, 0.6) is 5.75 Å². The first-order valence-corrected chi connectivity index (χ1v) is 8.70. The molecule has 2 atom stereocenters. The van der Waals surface area contributed by atoms with Gasteiger partial charge in [0.1, 0.15) is 24.4 Å². The Bertz CT molecular complexity index is 808. The first-order valence-electron chi connectivity index (χ1n) is 8.70. The highest BCUT2D eigenvalue weighted by atomic mass is 16.5. The fourth-order valence-electron chi connectivity index (χ4n) is 2.37. The van der Waals surface area contributed by atoms with Gasteiger partial charge in [-0.05, 0) is 30.2 Å². The third-order valence-electron chi connectivity index (χ3n) is 3.98. The lowest BCUT2D eigenvalue weighted by Crippen LogP contribution is -2.52. The number of carbonyl (C=O) groups is 3. The van der Waals surface area contributed by atoms with Crippen molar-refractivity contribution in [2.45, 2.75) is 32.0 Å². The largest absolute Gasteiger partial charge is 0.508 e. The number of phenolic OH excluding ortho intramolecular Hbond substituents is 1. The number of alkyl carbamates (subject to hydrolysis) is 1. The Kier molecular flexibility index (Phi) is 7.38. The van der Waals surface area contributed by atoms with E-state index in [2.05, 4.69) is 10.6 Å². The fraction of sp³-hybridized carbons (Fsp3) is 0.250. The molecular formula is C20H23N3O5. The standard InChI is InChI=1S/C20H23N3O5/c1-13(18(21)25)22-19(26)17(11-14-7-9-16(24)10-8-14)23-20(27)28-12-15-5-3-2-4-6-15/h2-10,13,17,24H,11-12H2,1H3,(H2,21,25)(H,22,26)(H,23,27)/t13-,17+/m1/s1. The lowest BCUT2D eigenvalue weighted by molar-refractivity contribution is -0.128. The first kappa shape index (κ1) is 20.8. The second-order valence-corrected chi connectivity index (χ2v) is 6.26. The highest BCUT2D eigenvalue weighted by Gasteiger charge is 2.24. The topological polar surface area (TPSA) is 131 Å². The molecule has 5 N–H and O–H groups in total. The van der Waals surface area contributed by atoms with Crippen LogP contribution >= 0.6 is 0 Å². The van der Waals surface area contributed by atoms with Crippen molar-refractivity contribution in [1.29, 1.82) is 0 Å². The van der Waals surface area contributed by atoms with Crippen molar-refractivity contribution in [1.82, 2.24) is 10.6 Å². The van der Waals surface area contributed by atoms with Gasteiger partial charge in [0.15, 0.2) is 0 Å². The molecule has 8 nitrogen and oxygen atoms in total.